The van der Waals surface area contributed by atoms with Crippen LogP contribution in [0.4, 0.5) is 0 Å². The molecule has 78 valence electrons. The van der Waals surface area contributed by atoms with E-state index < -0.39 is 0 Å². The van der Waals surface area contributed by atoms with Crippen LogP contribution in [0.5, 0.6) is 0 Å². The predicted octanol–water partition coefficient (Wildman–Crippen LogP) is 2.03. The molecule has 0 atom stereocenters. The van der Waals surface area contributed by atoms with Crippen LogP contribution in [-0.2, 0) is 0 Å². The molecule has 1 heterocycles. The van der Waals surface area contributed by atoms with E-state index in [1.54, 1.807) is 24.5 Å². The summed E-state index contributed by atoms with van der Waals surface area (Å²) in [6.07, 6.45) is 3.20. The minimum atomic E-state index is -0.201. The van der Waals surface area contributed by atoms with Gasteiger partial charge in [0.05, 0.1) is 5.56 Å². The van der Waals surface area contributed by atoms with Gasteiger partial charge in [0.2, 0.25) is 0 Å². The van der Waals surface area contributed by atoms with Gasteiger partial charge in [0.15, 0.2) is 0 Å². The maximum Gasteiger partial charge on any atom is 0.253 e. The van der Waals surface area contributed by atoms with Crippen LogP contribution in [-0.4, -0.2) is 16.4 Å². The van der Waals surface area contributed by atoms with Crippen molar-refractivity contribution in [3.8, 4) is 0 Å². The Labute approximate surface area is 90.3 Å². The fourth-order valence-corrected chi connectivity index (χ4v) is 0.910. The zero-order valence-corrected chi connectivity index (χ0v) is 9.39. The lowest BCUT2D eigenvalue weighted by molar-refractivity contribution is 0.0919. The lowest BCUT2D eigenvalue weighted by Crippen LogP contribution is -2.40. The number of hydrogen-bond acceptors (Lipinski definition) is 2. The van der Waals surface area contributed by atoms with Crippen molar-refractivity contribution in [2.75, 3.05) is 0 Å². The quantitative estimate of drug-likeness (QED) is 0.778. The molecule has 0 aliphatic rings. The molecule has 14 heavy (non-hydrogen) atoms. The van der Waals surface area contributed by atoms with Crippen molar-refractivity contribution >= 4 is 18.3 Å². The van der Waals surface area contributed by atoms with Gasteiger partial charge >= 0.3 is 0 Å². The predicted molar refractivity (Wildman–Crippen MR) is 58.7 cm³/mol. The summed E-state index contributed by atoms with van der Waals surface area (Å²) in [6.45, 7) is 5.84. The second-order valence-corrected chi connectivity index (χ2v) is 3.95. The third kappa shape index (κ3) is 4.23. The fraction of sp³-hybridized carbons (Fsp3) is 0.400. The van der Waals surface area contributed by atoms with E-state index in [0.717, 1.165) is 0 Å². The summed E-state index contributed by atoms with van der Waals surface area (Å²) in [7, 11) is 0. The molecule has 1 rings (SSSR count). The van der Waals surface area contributed by atoms with Gasteiger partial charge in [-0.2, -0.15) is 0 Å². The van der Waals surface area contributed by atoms with Crippen molar-refractivity contribution in [2.45, 2.75) is 26.3 Å². The molecule has 0 saturated carbocycles. The van der Waals surface area contributed by atoms with Gasteiger partial charge in [0.25, 0.3) is 5.91 Å². The molecule has 0 aliphatic heterocycles. The number of halogens is 1. The van der Waals surface area contributed by atoms with Crippen LogP contribution in [0.25, 0.3) is 0 Å². The highest BCUT2D eigenvalue weighted by Crippen LogP contribution is 2.02. The minimum absolute atomic E-state index is 0. The first-order valence-electron chi connectivity index (χ1n) is 4.21. The Bertz CT molecular complexity index is 293. The highest BCUT2D eigenvalue weighted by molar-refractivity contribution is 5.94. The summed E-state index contributed by atoms with van der Waals surface area (Å²) >= 11 is 0. The van der Waals surface area contributed by atoms with E-state index in [1.807, 2.05) is 20.8 Å². The van der Waals surface area contributed by atoms with E-state index in [4.69, 9.17) is 0 Å². The molecule has 0 saturated heterocycles. The Hall–Kier alpha value is -1.09. The smallest absolute Gasteiger partial charge is 0.253 e. The van der Waals surface area contributed by atoms with Crippen molar-refractivity contribution in [1.29, 1.82) is 0 Å². The number of pyridine rings is 1. The molecule has 0 unspecified atom stereocenters. The topological polar surface area (TPSA) is 42.0 Å². The molecule has 1 aromatic heterocycles. The standard InChI is InChI=1S/C10H14N2O.ClH/c1-10(2,3)12-9(13)8-5-4-6-11-7-8;/h4-7H,1-3H3,(H,12,13);1H. The number of nitrogens with one attached hydrogen (secondary N) is 1. The Balaban J connectivity index is 0.00000169. The molecule has 0 radical (unpaired) electrons. The molecule has 0 aromatic carbocycles. The SMILES string of the molecule is CC(C)(C)NC(=O)c1cccnc1.Cl. The highest BCUT2D eigenvalue weighted by Gasteiger charge is 2.14. The van der Waals surface area contributed by atoms with Gasteiger partial charge in [-0.05, 0) is 32.9 Å². The number of rotatable bonds is 1. The number of carbonyl (C=O) groups is 1. The van der Waals surface area contributed by atoms with Gasteiger partial charge in [-0.25, -0.2) is 0 Å². The Morgan fingerprint density at radius 2 is 2.07 bits per heavy atom. The van der Waals surface area contributed by atoms with Crippen molar-refractivity contribution in [3.63, 3.8) is 0 Å². The highest BCUT2D eigenvalue weighted by atomic mass is 35.5. The first-order valence-corrected chi connectivity index (χ1v) is 4.21. The van der Waals surface area contributed by atoms with Gasteiger partial charge in [-0.3, -0.25) is 9.78 Å². The molecular weight excluding hydrogens is 200 g/mol. The third-order valence-corrected chi connectivity index (χ3v) is 1.41. The molecule has 1 aromatic rings. The summed E-state index contributed by atoms with van der Waals surface area (Å²) in [4.78, 5) is 15.4. The first kappa shape index (κ1) is 12.9. The first-order chi connectivity index (χ1) is 5.99. The van der Waals surface area contributed by atoms with Gasteiger partial charge in [-0.1, -0.05) is 0 Å². The molecule has 3 nitrogen and oxygen atoms in total. The molecule has 1 N–H and O–H groups in total. The third-order valence-electron chi connectivity index (χ3n) is 1.41. The Kier molecular flexibility index (Phi) is 4.57. The van der Waals surface area contributed by atoms with Crippen LogP contribution < -0.4 is 5.32 Å². The molecule has 0 aliphatic carbocycles. The summed E-state index contributed by atoms with van der Waals surface area (Å²) in [5, 5.41) is 2.86. The zero-order valence-electron chi connectivity index (χ0n) is 8.57. The van der Waals surface area contributed by atoms with E-state index >= 15 is 0 Å². The molecule has 4 heteroatoms. The molecule has 0 fully saturated rings. The van der Waals surface area contributed by atoms with Crippen LogP contribution in [0, 0.1) is 0 Å². The normalized spacial score (nSPS) is 10.2. The van der Waals surface area contributed by atoms with Gasteiger partial charge in [0.1, 0.15) is 0 Å². The van der Waals surface area contributed by atoms with E-state index in [2.05, 4.69) is 10.3 Å². The second kappa shape index (κ2) is 4.96. The monoisotopic (exact) mass is 214 g/mol. The number of hydrogen-bond donors (Lipinski definition) is 1. The van der Waals surface area contributed by atoms with E-state index in [1.165, 1.54) is 0 Å². The Morgan fingerprint density at radius 1 is 1.43 bits per heavy atom. The lowest BCUT2D eigenvalue weighted by atomic mass is 10.1. The van der Waals surface area contributed by atoms with Crippen molar-refractivity contribution in [3.05, 3.63) is 30.1 Å². The number of nitrogens with zero attached hydrogens (tertiary/aromatic N) is 1. The van der Waals surface area contributed by atoms with Crippen molar-refractivity contribution in [1.82, 2.24) is 10.3 Å². The van der Waals surface area contributed by atoms with Crippen LogP contribution in [0.3, 0.4) is 0 Å². The average Bonchev–Trinajstić information content (AvgIpc) is 2.03. The van der Waals surface area contributed by atoms with E-state index in [-0.39, 0.29) is 23.9 Å². The molecular formula is C10H15ClN2O. The van der Waals surface area contributed by atoms with Gasteiger partial charge < -0.3 is 5.32 Å². The van der Waals surface area contributed by atoms with Crippen LogP contribution in [0.1, 0.15) is 31.1 Å². The maximum atomic E-state index is 11.5. The molecule has 0 spiro atoms. The van der Waals surface area contributed by atoms with Crippen LogP contribution in [0.2, 0.25) is 0 Å². The molecule has 1 amide bonds. The van der Waals surface area contributed by atoms with Gasteiger partial charge in [-0.15, -0.1) is 12.4 Å². The lowest BCUT2D eigenvalue weighted by Gasteiger charge is -2.20. The van der Waals surface area contributed by atoms with Crippen LogP contribution >= 0.6 is 12.4 Å². The van der Waals surface area contributed by atoms with Crippen molar-refractivity contribution < 1.29 is 4.79 Å². The summed E-state index contributed by atoms with van der Waals surface area (Å²) in [5.41, 5.74) is 0.393. The zero-order chi connectivity index (χ0) is 9.90. The van der Waals surface area contributed by atoms with E-state index in [9.17, 15) is 4.79 Å². The van der Waals surface area contributed by atoms with Crippen molar-refractivity contribution in [2.24, 2.45) is 0 Å². The summed E-state index contributed by atoms with van der Waals surface area (Å²) in [5.74, 6) is -0.0828. The number of aromatic nitrogens is 1. The second-order valence-electron chi connectivity index (χ2n) is 3.95. The minimum Gasteiger partial charge on any atom is -0.347 e. The number of amides is 1. The summed E-state index contributed by atoms with van der Waals surface area (Å²) < 4.78 is 0. The van der Waals surface area contributed by atoms with Gasteiger partial charge in [0, 0.05) is 17.9 Å². The van der Waals surface area contributed by atoms with E-state index in [0.29, 0.717) is 5.56 Å². The number of carbonyl (C=O) groups excluding carboxylic acids is 1. The average molecular weight is 215 g/mol. The Morgan fingerprint density at radius 3 is 2.50 bits per heavy atom. The fourth-order valence-electron chi connectivity index (χ4n) is 0.910. The van der Waals surface area contributed by atoms with Crippen LogP contribution in [0.15, 0.2) is 24.5 Å². The summed E-state index contributed by atoms with van der Waals surface area (Å²) in [6, 6.07) is 3.49. The largest absolute Gasteiger partial charge is 0.347 e. The molecule has 0 bridgehead atoms. The maximum absolute atomic E-state index is 11.5.